The lowest BCUT2D eigenvalue weighted by Gasteiger charge is -2.15. The maximum absolute atomic E-state index is 4.49. The van der Waals surface area contributed by atoms with Crippen molar-refractivity contribution in [1.82, 2.24) is 5.32 Å². The van der Waals surface area contributed by atoms with Crippen LogP contribution < -0.4 is 10.6 Å². The van der Waals surface area contributed by atoms with Crippen LogP contribution in [0.4, 0.5) is 5.69 Å². The van der Waals surface area contributed by atoms with Crippen molar-refractivity contribution < 1.29 is 0 Å². The number of rotatable bonds is 4. The van der Waals surface area contributed by atoms with E-state index in [2.05, 4.69) is 53.7 Å². The van der Waals surface area contributed by atoms with Crippen LogP contribution in [0, 0.1) is 5.92 Å². The molecule has 0 aliphatic carbocycles. The number of nitrogens with one attached hydrogen (secondary N) is 2. The number of hydrogen-bond acceptors (Lipinski definition) is 3. The van der Waals surface area contributed by atoms with Gasteiger partial charge in [-0.2, -0.15) is 0 Å². The molecule has 3 nitrogen and oxygen atoms in total. The van der Waals surface area contributed by atoms with Gasteiger partial charge in [-0.05, 0) is 36.6 Å². The number of amidine groups is 1. The summed E-state index contributed by atoms with van der Waals surface area (Å²) in [6.07, 6.45) is 1.14. The van der Waals surface area contributed by atoms with Crippen molar-refractivity contribution in [3.63, 3.8) is 0 Å². The molecular formula is C14H21N3. The summed E-state index contributed by atoms with van der Waals surface area (Å²) in [5.41, 5.74) is 2.36. The van der Waals surface area contributed by atoms with Crippen LogP contribution in [0.15, 0.2) is 29.3 Å². The second-order valence-corrected chi connectivity index (χ2v) is 4.86. The molecule has 0 bridgehead atoms. The van der Waals surface area contributed by atoms with Gasteiger partial charge in [-0.3, -0.25) is 4.99 Å². The summed E-state index contributed by atoms with van der Waals surface area (Å²) >= 11 is 0. The van der Waals surface area contributed by atoms with E-state index in [-0.39, 0.29) is 0 Å². The maximum Gasteiger partial charge on any atom is 0.128 e. The first-order valence-corrected chi connectivity index (χ1v) is 6.38. The third-order valence-corrected chi connectivity index (χ3v) is 2.77. The molecule has 1 heterocycles. The van der Waals surface area contributed by atoms with Gasteiger partial charge in [0.2, 0.25) is 0 Å². The molecule has 0 spiro atoms. The number of benzene rings is 1. The summed E-state index contributed by atoms with van der Waals surface area (Å²) in [6.45, 7) is 7.41. The Morgan fingerprint density at radius 3 is 2.65 bits per heavy atom. The number of aliphatic imine (C=N–C) groups is 1. The minimum absolute atomic E-state index is 0.666. The Hall–Kier alpha value is -1.51. The van der Waals surface area contributed by atoms with Gasteiger partial charge in [0.15, 0.2) is 0 Å². The molecule has 1 aromatic carbocycles. The van der Waals surface area contributed by atoms with Crippen LogP contribution in [0.25, 0.3) is 0 Å². The van der Waals surface area contributed by atoms with Crippen molar-refractivity contribution in [3.05, 3.63) is 29.8 Å². The SMILES string of the molecule is CC(C)CNc1ccc(C2=NCCCN2)cc1. The van der Waals surface area contributed by atoms with Gasteiger partial charge in [-0.1, -0.05) is 13.8 Å². The van der Waals surface area contributed by atoms with Crippen molar-refractivity contribution in [2.75, 3.05) is 25.0 Å². The number of nitrogens with zero attached hydrogens (tertiary/aromatic N) is 1. The normalized spacial score (nSPS) is 15.4. The van der Waals surface area contributed by atoms with Crippen molar-refractivity contribution >= 4 is 11.5 Å². The standard InChI is InChI=1S/C14H21N3/c1-11(2)10-17-13-6-4-12(5-7-13)14-15-8-3-9-16-14/h4-7,11,17H,3,8-10H2,1-2H3,(H,15,16). The summed E-state index contributed by atoms with van der Waals surface area (Å²) in [7, 11) is 0. The summed E-state index contributed by atoms with van der Waals surface area (Å²) in [6, 6.07) is 8.49. The molecule has 1 aromatic rings. The van der Waals surface area contributed by atoms with Crippen molar-refractivity contribution in [1.29, 1.82) is 0 Å². The minimum Gasteiger partial charge on any atom is -0.385 e. The van der Waals surface area contributed by atoms with Crippen LogP contribution >= 0.6 is 0 Å². The lowest BCUT2D eigenvalue weighted by atomic mass is 10.1. The third kappa shape index (κ3) is 3.48. The summed E-state index contributed by atoms with van der Waals surface area (Å²) in [5, 5.41) is 6.75. The average Bonchev–Trinajstić information content (AvgIpc) is 2.38. The Morgan fingerprint density at radius 2 is 2.06 bits per heavy atom. The molecule has 0 radical (unpaired) electrons. The molecule has 0 saturated heterocycles. The van der Waals surface area contributed by atoms with Crippen molar-refractivity contribution in [2.45, 2.75) is 20.3 Å². The van der Waals surface area contributed by atoms with E-state index >= 15 is 0 Å². The first kappa shape index (κ1) is 12.0. The van der Waals surface area contributed by atoms with Crippen molar-refractivity contribution in [3.8, 4) is 0 Å². The first-order chi connectivity index (χ1) is 8.25. The number of hydrogen-bond donors (Lipinski definition) is 2. The highest BCUT2D eigenvalue weighted by Gasteiger charge is 2.06. The number of anilines is 1. The fourth-order valence-corrected chi connectivity index (χ4v) is 1.79. The van der Waals surface area contributed by atoms with E-state index in [1.54, 1.807) is 0 Å². The predicted molar refractivity (Wildman–Crippen MR) is 73.8 cm³/mol. The Labute approximate surface area is 103 Å². The lowest BCUT2D eigenvalue weighted by Crippen LogP contribution is -2.30. The van der Waals surface area contributed by atoms with Crippen LogP contribution in [-0.4, -0.2) is 25.5 Å². The van der Waals surface area contributed by atoms with Gasteiger partial charge in [0.1, 0.15) is 5.84 Å². The predicted octanol–water partition coefficient (Wildman–Crippen LogP) is 2.49. The molecule has 0 amide bonds. The van der Waals surface area contributed by atoms with Gasteiger partial charge < -0.3 is 10.6 Å². The Kier molecular flexibility index (Phi) is 4.02. The first-order valence-electron chi connectivity index (χ1n) is 6.38. The topological polar surface area (TPSA) is 36.4 Å². The Morgan fingerprint density at radius 1 is 1.29 bits per heavy atom. The lowest BCUT2D eigenvalue weighted by molar-refractivity contribution is 0.689. The zero-order chi connectivity index (χ0) is 12.1. The van der Waals surface area contributed by atoms with E-state index < -0.39 is 0 Å². The molecular weight excluding hydrogens is 210 g/mol. The highest BCUT2D eigenvalue weighted by atomic mass is 15.0. The van der Waals surface area contributed by atoms with Crippen LogP contribution in [-0.2, 0) is 0 Å². The van der Waals surface area contributed by atoms with E-state index in [1.165, 1.54) is 11.3 Å². The highest BCUT2D eigenvalue weighted by Crippen LogP contribution is 2.11. The fraction of sp³-hybridized carbons (Fsp3) is 0.500. The molecule has 0 saturated carbocycles. The molecule has 92 valence electrons. The van der Waals surface area contributed by atoms with E-state index in [0.29, 0.717) is 5.92 Å². The fourth-order valence-electron chi connectivity index (χ4n) is 1.79. The maximum atomic E-state index is 4.49. The third-order valence-electron chi connectivity index (χ3n) is 2.77. The molecule has 2 rings (SSSR count). The van der Waals surface area contributed by atoms with Crippen LogP contribution in [0.1, 0.15) is 25.8 Å². The summed E-state index contributed by atoms with van der Waals surface area (Å²) < 4.78 is 0. The zero-order valence-electron chi connectivity index (χ0n) is 10.7. The second kappa shape index (κ2) is 5.71. The van der Waals surface area contributed by atoms with E-state index in [9.17, 15) is 0 Å². The highest BCUT2D eigenvalue weighted by molar-refractivity contribution is 5.99. The average molecular weight is 231 g/mol. The molecule has 2 N–H and O–H groups in total. The molecule has 0 unspecified atom stereocenters. The summed E-state index contributed by atoms with van der Waals surface area (Å²) in [4.78, 5) is 4.49. The quantitative estimate of drug-likeness (QED) is 0.835. The van der Waals surface area contributed by atoms with Gasteiger partial charge in [0, 0.05) is 30.9 Å². The van der Waals surface area contributed by atoms with Gasteiger partial charge in [0.25, 0.3) is 0 Å². The van der Waals surface area contributed by atoms with Gasteiger partial charge in [-0.15, -0.1) is 0 Å². The van der Waals surface area contributed by atoms with E-state index in [4.69, 9.17) is 0 Å². The molecule has 0 aromatic heterocycles. The molecule has 17 heavy (non-hydrogen) atoms. The molecule has 0 atom stereocenters. The van der Waals surface area contributed by atoms with Gasteiger partial charge >= 0.3 is 0 Å². The second-order valence-electron chi connectivity index (χ2n) is 4.86. The van der Waals surface area contributed by atoms with Crippen LogP contribution in [0.5, 0.6) is 0 Å². The Balaban J connectivity index is 1.99. The van der Waals surface area contributed by atoms with Crippen LogP contribution in [0.3, 0.4) is 0 Å². The Bertz CT molecular complexity index is 379. The van der Waals surface area contributed by atoms with Gasteiger partial charge in [-0.25, -0.2) is 0 Å². The smallest absolute Gasteiger partial charge is 0.128 e. The van der Waals surface area contributed by atoms with Crippen LogP contribution in [0.2, 0.25) is 0 Å². The minimum atomic E-state index is 0.666. The zero-order valence-corrected chi connectivity index (χ0v) is 10.7. The molecule has 0 fully saturated rings. The van der Waals surface area contributed by atoms with E-state index in [1.807, 2.05) is 0 Å². The van der Waals surface area contributed by atoms with Gasteiger partial charge in [0.05, 0.1) is 0 Å². The summed E-state index contributed by atoms with van der Waals surface area (Å²) in [5.74, 6) is 1.70. The molecule has 1 aliphatic heterocycles. The molecule has 1 aliphatic rings. The largest absolute Gasteiger partial charge is 0.385 e. The van der Waals surface area contributed by atoms with Crippen molar-refractivity contribution in [2.24, 2.45) is 10.9 Å². The molecule has 3 heteroatoms. The monoisotopic (exact) mass is 231 g/mol. The van der Waals surface area contributed by atoms with E-state index in [0.717, 1.165) is 31.9 Å².